The number of aliphatic carboxylic acids is 1. The molecule has 1 aliphatic carbocycles. The third-order valence-corrected chi connectivity index (χ3v) is 4.74. The van der Waals surface area contributed by atoms with Gasteiger partial charge in [-0.1, -0.05) is 31.4 Å². The minimum absolute atomic E-state index is 0.0249. The molecule has 3 N–H and O–H groups in total. The molecular weight excluding hydrogens is 383 g/mol. The number of hydrogen-bond acceptors (Lipinski definition) is 2. The highest BCUT2D eigenvalue weighted by molar-refractivity contribution is 14.1. The monoisotopic (exact) mass is 402 g/mol. The van der Waals surface area contributed by atoms with E-state index in [9.17, 15) is 14.7 Å². The highest BCUT2D eigenvalue weighted by atomic mass is 127. The lowest BCUT2D eigenvalue weighted by molar-refractivity contribution is -0.141. The fraction of sp³-hybridized carbons (Fsp3) is 0.467. The Bertz CT molecular complexity index is 515. The van der Waals surface area contributed by atoms with Crippen molar-refractivity contribution in [3.8, 4) is 0 Å². The van der Waals surface area contributed by atoms with E-state index in [1.807, 2.05) is 18.2 Å². The van der Waals surface area contributed by atoms with Gasteiger partial charge in [-0.25, -0.2) is 9.59 Å². The Morgan fingerprint density at radius 2 is 1.86 bits per heavy atom. The number of rotatable bonds is 4. The second-order valence-corrected chi connectivity index (χ2v) is 6.45. The summed E-state index contributed by atoms with van der Waals surface area (Å²) in [6.07, 6.45) is 4.94. The molecule has 1 unspecified atom stereocenters. The molecular formula is C15H19IN2O3. The van der Waals surface area contributed by atoms with Crippen LogP contribution in [0.15, 0.2) is 24.3 Å². The predicted molar refractivity (Wildman–Crippen MR) is 89.3 cm³/mol. The lowest BCUT2D eigenvalue weighted by Gasteiger charge is -2.28. The van der Waals surface area contributed by atoms with Gasteiger partial charge >= 0.3 is 12.0 Å². The molecule has 2 amide bonds. The molecule has 0 saturated heterocycles. The van der Waals surface area contributed by atoms with E-state index in [4.69, 9.17) is 0 Å². The summed E-state index contributed by atoms with van der Waals surface area (Å²) in [5.74, 6) is -0.934. The third kappa shape index (κ3) is 4.59. The van der Waals surface area contributed by atoms with Crippen molar-refractivity contribution < 1.29 is 14.7 Å². The Morgan fingerprint density at radius 3 is 2.48 bits per heavy atom. The van der Waals surface area contributed by atoms with Gasteiger partial charge in [0.2, 0.25) is 0 Å². The number of carbonyl (C=O) groups is 2. The van der Waals surface area contributed by atoms with E-state index < -0.39 is 18.0 Å². The van der Waals surface area contributed by atoms with Crippen LogP contribution in [0.25, 0.3) is 0 Å². The molecule has 1 aromatic rings. The van der Waals surface area contributed by atoms with Crippen molar-refractivity contribution in [1.29, 1.82) is 0 Å². The summed E-state index contributed by atoms with van der Waals surface area (Å²) in [6, 6.07) is 6.10. The van der Waals surface area contributed by atoms with E-state index in [0.717, 1.165) is 35.7 Å². The van der Waals surface area contributed by atoms with Crippen LogP contribution in [-0.2, 0) is 4.79 Å². The number of carboxylic acids is 1. The van der Waals surface area contributed by atoms with E-state index in [2.05, 4.69) is 33.2 Å². The Balaban J connectivity index is 1.98. The average molecular weight is 402 g/mol. The molecule has 2 rings (SSSR count). The second kappa shape index (κ2) is 7.63. The summed E-state index contributed by atoms with van der Waals surface area (Å²) < 4.78 is 0.912. The van der Waals surface area contributed by atoms with Crippen LogP contribution in [0.1, 0.15) is 32.1 Å². The Labute approximate surface area is 137 Å². The zero-order valence-corrected chi connectivity index (χ0v) is 13.8. The van der Waals surface area contributed by atoms with Crippen LogP contribution < -0.4 is 10.6 Å². The molecule has 1 fully saturated rings. The first-order valence-corrected chi connectivity index (χ1v) is 8.20. The second-order valence-electron chi connectivity index (χ2n) is 5.29. The minimum atomic E-state index is -0.959. The van der Waals surface area contributed by atoms with Crippen LogP contribution in [0.2, 0.25) is 0 Å². The third-order valence-electron chi connectivity index (χ3n) is 3.80. The van der Waals surface area contributed by atoms with Crippen LogP contribution in [0.3, 0.4) is 0 Å². The van der Waals surface area contributed by atoms with Gasteiger partial charge in [-0.15, -0.1) is 0 Å². The van der Waals surface area contributed by atoms with Crippen LogP contribution in [0, 0.1) is 9.49 Å². The molecule has 1 aliphatic rings. The Morgan fingerprint density at radius 1 is 1.19 bits per heavy atom. The molecule has 0 aliphatic heterocycles. The summed E-state index contributed by atoms with van der Waals surface area (Å²) in [5, 5.41) is 14.7. The van der Waals surface area contributed by atoms with Crippen molar-refractivity contribution >= 4 is 40.3 Å². The molecule has 0 radical (unpaired) electrons. The van der Waals surface area contributed by atoms with Gasteiger partial charge in [0.15, 0.2) is 0 Å². The number of nitrogens with one attached hydrogen (secondary N) is 2. The summed E-state index contributed by atoms with van der Waals surface area (Å²) in [5.41, 5.74) is 0.684. The lowest BCUT2D eigenvalue weighted by Crippen LogP contribution is -2.48. The fourth-order valence-electron chi connectivity index (χ4n) is 2.71. The van der Waals surface area contributed by atoms with Gasteiger partial charge in [-0.2, -0.15) is 0 Å². The summed E-state index contributed by atoms with van der Waals surface area (Å²) in [7, 11) is 0. The van der Waals surface area contributed by atoms with E-state index in [-0.39, 0.29) is 5.92 Å². The largest absolute Gasteiger partial charge is 0.480 e. The highest BCUT2D eigenvalue weighted by Crippen LogP contribution is 2.26. The normalized spacial score (nSPS) is 17.0. The first-order valence-electron chi connectivity index (χ1n) is 7.13. The molecule has 114 valence electrons. The standard InChI is InChI=1S/C15H19IN2O3/c16-11-8-4-5-9-12(11)17-15(21)18-13(14(19)20)10-6-2-1-3-7-10/h4-5,8-10,13H,1-3,6-7H2,(H,19,20)(H2,17,18,21). The lowest BCUT2D eigenvalue weighted by atomic mass is 9.84. The maximum absolute atomic E-state index is 12.0. The minimum Gasteiger partial charge on any atom is -0.480 e. The molecule has 5 nitrogen and oxygen atoms in total. The molecule has 21 heavy (non-hydrogen) atoms. The van der Waals surface area contributed by atoms with Crippen molar-refractivity contribution in [3.63, 3.8) is 0 Å². The van der Waals surface area contributed by atoms with Crippen molar-refractivity contribution in [3.05, 3.63) is 27.8 Å². The molecule has 1 saturated carbocycles. The zero-order valence-electron chi connectivity index (χ0n) is 11.6. The average Bonchev–Trinajstić information content (AvgIpc) is 2.48. The van der Waals surface area contributed by atoms with Gasteiger partial charge in [0.1, 0.15) is 6.04 Å². The first-order chi connectivity index (χ1) is 10.1. The number of hydrogen-bond donors (Lipinski definition) is 3. The van der Waals surface area contributed by atoms with Gasteiger partial charge < -0.3 is 15.7 Å². The Kier molecular flexibility index (Phi) is 5.84. The number of benzene rings is 1. The van der Waals surface area contributed by atoms with Crippen molar-refractivity contribution in [2.45, 2.75) is 38.1 Å². The maximum Gasteiger partial charge on any atom is 0.326 e. The SMILES string of the molecule is O=C(Nc1ccccc1I)NC(C(=O)O)C1CCCCC1. The molecule has 0 heterocycles. The van der Waals surface area contributed by atoms with Gasteiger partial charge in [-0.05, 0) is 53.5 Å². The van der Waals surface area contributed by atoms with Crippen molar-refractivity contribution in [2.24, 2.45) is 5.92 Å². The summed E-state index contributed by atoms with van der Waals surface area (Å²) >= 11 is 2.13. The van der Waals surface area contributed by atoms with E-state index >= 15 is 0 Å². The van der Waals surface area contributed by atoms with Gasteiger partial charge in [0.05, 0.1) is 5.69 Å². The molecule has 1 aromatic carbocycles. The number of amides is 2. The Hall–Kier alpha value is -1.31. The van der Waals surface area contributed by atoms with Gasteiger partial charge in [-0.3, -0.25) is 0 Å². The van der Waals surface area contributed by atoms with Crippen LogP contribution >= 0.6 is 22.6 Å². The van der Waals surface area contributed by atoms with E-state index in [1.165, 1.54) is 0 Å². The zero-order chi connectivity index (χ0) is 15.2. The van der Waals surface area contributed by atoms with Gasteiger partial charge in [0.25, 0.3) is 0 Å². The summed E-state index contributed by atoms with van der Waals surface area (Å²) in [6.45, 7) is 0. The number of halogens is 1. The number of para-hydroxylation sites is 1. The van der Waals surface area contributed by atoms with Crippen LogP contribution in [-0.4, -0.2) is 23.1 Å². The van der Waals surface area contributed by atoms with E-state index in [1.54, 1.807) is 6.07 Å². The molecule has 0 spiro atoms. The van der Waals surface area contributed by atoms with Crippen LogP contribution in [0.4, 0.5) is 10.5 Å². The number of urea groups is 1. The van der Waals surface area contributed by atoms with E-state index in [0.29, 0.717) is 5.69 Å². The van der Waals surface area contributed by atoms with Gasteiger partial charge in [0, 0.05) is 3.57 Å². The number of anilines is 1. The topological polar surface area (TPSA) is 78.4 Å². The molecule has 6 heteroatoms. The highest BCUT2D eigenvalue weighted by Gasteiger charge is 2.30. The number of carbonyl (C=O) groups excluding carboxylic acids is 1. The van der Waals surface area contributed by atoms with Crippen LogP contribution in [0.5, 0.6) is 0 Å². The van der Waals surface area contributed by atoms with Crippen molar-refractivity contribution in [2.75, 3.05) is 5.32 Å². The molecule has 0 bridgehead atoms. The maximum atomic E-state index is 12.0. The molecule has 1 atom stereocenters. The quantitative estimate of drug-likeness (QED) is 0.676. The first kappa shape index (κ1) is 16.1. The molecule has 0 aromatic heterocycles. The predicted octanol–water partition coefficient (Wildman–Crippen LogP) is 3.45. The van der Waals surface area contributed by atoms with Crippen molar-refractivity contribution in [1.82, 2.24) is 5.32 Å². The smallest absolute Gasteiger partial charge is 0.326 e. The number of carboxylic acid groups (broad SMARTS) is 1. The fourth-order valence-corrected chi connectivity index (χ4v) is 3.23. The summed E-state index contributed by atoms with van der Waals surface area (Å²) in [4.78, 5) is 23.4.